The summed E-state index contributed by atoms with van der Waals surface area (Å²) >= 11 is 3.42. The van der Waals surface area contributed by atoms with Crippen molar-refractivity contribution >= 4 is 15.9 Å². The van der Waals surface area contributed by atoms with Crippen molar-refractivity contribution in [2.45, 2.75) is 26.0 Å². The van der Waals surface area contributed by atoms with E-state index in [-0.39, 0.29) is 11.9 Å². The zero-order chi connectivity index (χ0) is 14.7. The molecule has 0 aromatic heterocycles. The van der Waals surface area contributed by atoms with Gasteiger partial charge in [-0.15, -0.1) is 0 Å². The van der Waals surface area contributed by atoms with Gasteiger partial charge in [-0.2, -0.15) is 0 Å². The van der Waals surface area contributed by atoms with Gasteiger partial charge in [0.25, 0.3) is 0 Å². The Balaban J connectivity index is 2.33. The fourth-order valence-corrected chi connectivity index (χ4v) is 2.34. The molecular weight excluding hydrogens is 321 g/mol. The lowest BCUT2D eigenvalue weighted by atomic mass is 10.0. The zero-order valence-corrected chi connectivity index (χ0v) is 13.0. The second-order valence-electron chi connectivity index (χ2n) is 4.86. The van der Waals surface area contributed by atoms with Crippen LogP contribution in [0.15, 0.2) is 46.9 Å². The highest BCUT2D eigenvalue weighted by Gasteiger charge is 2.19. The summed E-state index contributed by atoms with van der Waals surface area (Å²) in [4.78, 5) is 0. The summed E-state index contributed by atoms with van der Waals surface area (Å²) < 4.78 is 20.3. The summed E-state index contributed by atoms with van der Waals surface area (Å²) in [5.41, 5.74) is 7.74. The molecule has 2 unspecified atom stereocenters. The summed E-state index contributed by atoms with van der Waals surface area (Å²) in [6.07, 6.45) is -0.390. The van der Waals surface area contributed by atoms with E-state index in [4.69, 9.17) is 10.5 Å². The van der Waals surface area contributed by atoms with Gasteiger partial charge in [0.1, 0.15) is 17.7 Å². The maximum Gasteiger partial charge on any atom is 0.139 e. The number of hydrogen-bond acceptors (Lipinski definition) is 2. The molecule has 0 spiro atoms. The van der Waals surface area contributed by atoms with Gasteiger partial charge < -0.3 is 10.5 Å². The van der Waals surface area contributed by atoms with Crippen LogP contribution in [-0.4, -0.2) is 6.04 Å². The van der Waals surface area contributed by atoms with Crippen LogP contribution in [0.5, 0.6) is 5.75 Å². The van der Waals surface area contributed by atoms with Crippen molar-refractivity contribution in [1.29, 1.82) is 0 Å². The highest BCUT2D eigenvalue weighted by Crippen LogP contribution is 2.29. The van der Waals surface area contributed by atoms with E-state index in [1.807, 2.05) is 38.1 Å². The molecular formula is C16H17BrFNO. The second-order valence-corrected chi connectivity index (χ2v) is 5.78. The summed E-state index contributed by atoms with van der Waals surface area (Å²) in [5.74, 6) is 0.452. The Kier molecular flexibility index (Phi) is 4.78. The minimum absolute atomic E-state index is 0.254. The summed E-state index contributed by atoms with van der Waals surface area (Å²) in [5, 5.41) is 0. The van der Waals surface area contributed by atoms with Gasteiger partial charge in [0.05, 0.1) is 0 Å². The third kappa shape index (κ3) is 3.58. The number of nitrogens with two attached hydrogens (primary N) is 1. The Morgan fingerprint density at radius 2 is 1.95 bits per heavy atom. The Morgan fingerprint density at radius 3 is 2.60 bits per heavy atom. The molecule has 106 valence electrons. The van der Waals surface area contributed by atoms with Crippen LogP contribution in [0.1, 0.15) is 24.2 Å². The maximum absolute atomic E-state index is 13.4. The third-order valence-electron chi connectivity index (χ3n) is 3.06. The molecule has 0 aliphatic rings. The molecule has 2 atom stereocenters. The topological polar surface area (TPSA) is 35.2 Å². The van der Waals surface area contributed by atoms with Crippen molar-refractivity contribution in [3.8, 4) is 5.75 Å². The molecule has 0 fully saturated rings. The zero-order valence-electron chi connectivity index (χ0n) is 11.4. The molecule has 0 saturated heterocycles. The SMILES string of the molecule is Cc1ccc(Br)cc1OC(c1cccc(F)c1)C(C)N. The summed E-state index contributed by atoms with van der Waals surface area (Å²) in [6, 6.07) is 11.9. The molecule has 0 amide bonds. The second kappa shape index (κ2) is 6.37. The van der Waals surface area contributed by atoms with Crippen molar-refractivity contribution in [1.82, 2.24) is 0 Å². The summed E-state index contributed by atoms with van der Waals surface area (Å²) in [6.45, 7) is 3.81. The highest BCUT2D eigenvalue weighted by atomic mass is 79.9. The predicted octanol–water partition coefficient (Wildman–Crippen LogP) is 4.36. The molecule has 0 aliphatic heterocycles. The first-order chi connectivity index (χ1) is 9.47. The lowest BCUT2D eigenvalue weighted by molar-refractivity contribution is 0.178. The standard InChI is InChI=1S/C16H17BrFNO/c1-10-6-7-13(17)9-15(10)20-16(11(2)19)12-4-3-5-14(18)8-12/h3-9,11,16H,19H2,1-2H3. The first-order valence-corrected chi connectivity index (χ1v) is 7.20. The number of ether oxygens (including phenoxy) is 1. The van der Waals surface area contributed by atoms with E-state index in [0.717, 1.165) is 21.3 Å². The molecule has 20 heavy (non-hydrogen) atoms. The molecule has 0 heterocycles. The number of rotatable bonds is 4. The molecule has 2 N–H and O–H groups in total. The maximum atomic E-state index is 13.4. The lowest BCUT2D eigenvalue weighted by Crippen LogP contribution is -2.29. The fourth-order valence-electron chi connectivity index (χ4n) is 2.00. The van der Waals surface area contributed by atoms with Crippen molar-refractivity contribution in [3.63, 3.8) is 0 Å². The van der Waals surface area contributed by atoms with Crippen molar-refractivity contribution in [3.05, 3.63) is 63.9 Å². The molecule has 2 aromatic rings. The van der Waals surface area contributed by atoms with Gasteiger partial charge in [0.15, 0.2) is 0 Å². The van der Waals surface area contributed by atoms with Crippen LogP contribution in [0.3, 0.4) is 0 Å². The fraction of sp³-hybridized carbons (Fsp3) is 0.250. The van der Waals surface area contributed by atoms with Crippen LogP contribution >= 0.6 is 15.9 Å². The molecule has 0 bridgehead atoms. The van der Waals surface area contributed by atoms with Gasteiger partial charge in [-0.1, -0.05) is 34.1 Å². The van der Waals surface area contributed by atoms with E-state index in [0.29, 0.717) is 0 Å². The quantitative estimate of drug-likeness (QED) is 0.899. The average Bonchev–Trinajstić information content (AvgIpc) is 2.39. The Morgan fingerprint density at radius 1 is 1.20 bits per heavy atom. The van der Waals surface area contributed by atoms with Gasteiger partial charge >= 0.3 is 0 Å². The molecule has 0 radical (unpaired) electrons. The molecule has 2 nitrogen and oxygen atoms in total. The van der Waals surface area contributed by atoms with Gasteiger partial charge in [0, 0.05) is 10.5 Å². The van der Waals surface area contributed by atoms with Crippen LogP contribution < -0.4 is 10.5 Å². The molecule has 0 aliphatic carbocycles. The monoisotopic (exact) mass is 337 g/mol. The summed E-state index contributed by atoms with van der Waals surface area (Å²) in [7, 11) is 0. The van der Waals surface area contributed by atoms with Gasteiger partial charge in [0.2, 0.25) is 0 Å². The van der Waals surface area contributed by atoms with E-state index < -0.39 is 6.10 Å². The molecule has 0 saturated carbocycles. The minimum atomic E-state index is -0.390. The first-order valence-electron chi connectivity index (χ1n) is 6.41. The van der Waals surface area contributed by atoms with Crippen LogP contribution in [-0.2, 0) is 0 Å². The largest absolute Gasteiger partial charge is 0.484 e. The van der Waals surface area contributed by atoms with Crippen LogP contribution in [0.25, 0.3) is 0 Å². The molecule has 2 aromatic carbocycles. The Labute approximate surface area is 126 Å². The number of hydrogen-bond donors (Lipinski definition) is 1. The van der Waals surface area contributed by atoms with Gasteiger partial charge in [-0.05, 0) is 49.2 Å². The van der Waals surface area contributed by atoms with Crippen molar-refractivity contribution in [2.24, 2.45) is 5.73 Å². The number of benzene rings is 2. The third-order valence-corrected chi connectivity index (χ3v) is 3.55. The van der Waals surface area contributed by atoms with Crippen LogP contribution in [0.4, 0.5) is 4.39 Å². The predicted molar refractivity (Wildman–Crippen MR) is 82.3 cm³/mol. The average molecular weight is 338 g/mol. The van der Waals surface area contributed by atoms with E-state index in [1.54, 1.807) is 6.07 Å². The Hall–Kier alpha value is -1.39. The highest BCUT2D eigenvalue weighted by molar-refractivity contribution is 9.10. The number of aryl methyl sites for hydroxylation is 1. The number of halogens is 2. The smallest absolute Gasteiger partial charge is 0.139 e. The molecule has 4 heteroatoms. The normalized spacial score (nSPS) is 13.8. The van der Waals surface area contributed by atoms with Crippen LogP contribution in [0, 0.1) is 12.7 Å². The van der Waals surface area contributed by atoms with E-state index in [2.05, 4.69) is 15.9 Å². The van der Waals surface area contributed by atoms with E-state index in [9.17, 15) is 4.39 Å². The van der Waals surface area contributed by atoms with Crippen molar-refractivity contribution < 1.29 is 9.13 Å². The van der Waals surface area contributed by atoms with Crippen molar-refractivity contribution in [2.75, 3.05) is 0 Å². The van der Waals surface area contributed by atoms with Crippen LogP contribution in [0.2, 0.25) is 0 Å². The molecule has 2 rings (SSSR count). The Bertz CT molecular complexity index is 601. The van der Waals surface area contributed by atoms with Gasteiger partial charge in [-0.3, -0.25) is 0 Å². The van der Waals surface area contributed by atoms with Gasteiger partial charge in [-0.25, -0.2) is 4.39 Å². The minimum Gasteiger partial charge on any atom is -0.484 e. The lowest BCUT2D eigenvalue weighted by Gasteiger charge is -2.24. The van der Waals surface area contributed by atoms with E-state index >= 15 is 0 Å². The first kappa shape index (κ1) is 15.0. The van der Waals surface area contributed by atoms with E-state index in [1.165, 1.54) is 12.1 Å².